The zero-order valence-electron chi connectivity index (χ0n) is 10.4. The van der Waals surface area contributed by atoms with E-state index in [1.54, 1.807) is 27.7 Å². The highest BCUT2D eigenvalue weighted by Crippen LogP contribution is 2.25. The predicted molar refractivity (Wildman–Crippen MR) is 69.4 cm³/mol. The molecule has 0 N–H and O–H groups in total. The van der Waals surface area contributed by atoms with Crippen LogP contribution < -0.4 is 0 Å². The van der Waals surface area contributed by atoms with E-state index in [0.29, 0.717) is 5.57 Å². The summed E-state index contributed by atoms with van der Waals surface area (Å²) in [6.45, 7) is 14.2. The van der Waals surface area contributed by atoms with Crippen molar-refractivity contribution < 1.29 is 9.53 Å². The molecule has 0 saturated carbocycles. The van der Waals surface area contributed by atoms with Gasteiger partial charge in [-0.15, -0.1) is 11.3 Å². The molecule has 0 aliphatic rings. The van der Waals surface area contributed by atoms with Crippen molar-refractivity contribution in [1.82, 2.24) is 0 Å². The number of hydrogen-bond donors (Lipinski definition) is 0. The number of allylic oxidation sites excluding steroid dienone is 1. The fourth-order valence-corrected chi connectivity index (χ4v) is 1.95. The van der Waals surface area contributed by atoms with Gasteiger partial charge in [0.15, 0.2) is 0 Å². The smallest absolute Gasteiger partial charge is 0.337 e. The Balaban J connectivity index is 3.04. The van der Waals surface area contributed by atoms with Crippen LogP contribution in [0.4, 0.5) is 0 Å². The van der Waals surface area contributed by atoms with Gasteiger partial charge in [-0.1, -0.05) is 6.07 Å². The molecule has 0 aliphatic heterocycles. The Labute approximate surface area is 106 Å². The quantitative estimate of drug-likeness (QED) is 0.454. The maximum atomic E-state index is 11.8. The third-order valence-electron chi connectivity index (χ3n) is 1.95. The Bertz CT molecular complexity index is 473. The minimum Gasteiger partial charge on any atom is -0.465 e. The molecule has 0 atom stereocenters. The zero-order chi connectivity index (χ0) is 13.1. The van der Waals surface area contributed by atoms with Gasteiger partial charge in [0.2, 0.25) is 0 Å². The van der Waals surface area contributed by atoms with Crippen LogP contribution in [0.3, 0.4) is 0 Å². The highest BCUT2D eigenvalue weighted by molar-refractivity contribution is 7.11. The van der Waals surface area contributed by atoms with Gasteiger partial charge < -0.3 is 4.74 Å². The number of carbonyl (C=O) groups excluding carboxylic acids is 1. The van der Waals surface area contributed by atoms with Gasteiger partial charge in [-0.05, 0) is 44.7 Å². The van der Waals surface area contributed by atoms with Crippen molar-refractivity contribution in [2.75, 3.05) is 0 Å². The second kappa shape index (κ2) is 5.15. The van der Waals surface area contributed by atoms with E-state index in [0.717, 1.165) is 4.88 Å². The Morgan fingerprint density at radius 2 is 2.12 bits per heavy atom. The summed E-state index contributed by atoms with van der Waals surface area (Å²) >= 11 is 1.50. The third kappa shape index (κ3) is 3.72. The lowest BCUT2D eigenvalue weighted by atomic mass is 10.1. The highest BCUT2D eigenvalue weighted by Gasteiger charge is 2.22. The van der Waals surface area contributed by atoms with Crippen molar-refractivity contribution in [2.24, 2.45) is 0 Å². The monoisotopic (exact) mass is 249 g/mol. The van der Waals surface area contributed by atoms with Gasteiger partial charge in [0.25, 0.3) is 5.70 Å². The molecule has 1 aromatic rings. The van der Waals surface area contributed by atoms with Crippen LogP contribution in [0.5, 0.6) is 0 Å². The van der Waals surface area contributed by atoms with Crippen molar-refractivity contribution in [1.29, 1.82) is 0 Å². The molecular formula is C13H15NO2S. The first kappa shape index (κ1) is 13.5. The SMILES string of the molecule is [C-]#[N+]C(C(=O)OC(C)(C)C)=C(C)c1cccs1. The number of nitrogens with zero attached hydrogens (tertiary/aromatic N) is 1. The minimum atomic E-state index is -0.581. The van der Waals surface area contributed by atoms with Crippen LogP contribution in [0.15, 0.2) is 23.2 Å². The van der Waals surface area contributed by atoms with Crippen LogP contribution in [0.2, 0.25) is 0 Å². The van der Waals surface area contributed by atoms with Gasteiger partial charge in [-0.25, -0.2) is 4.85 Å². The van der Waals surface area contributed by atoms with E-state index in [1.165, 1.54) is 11.3 Å². The average Bonchev–Trinajstić information content (AvgIpc) is 2.68. The number of ether oxygens (including phenoxy) is 1. The molecule has 0 aromatic carbocycles. The fraction of sp³-hybridized carbons (Fsp3) is 0.385. The molecule has 17 heavy (non-hydrogen) atoms. The molecule has 1 aromatic heterocycles. The van der Waals surface area contributed by atoms with E-state index >= 15 is 0 Å². The predicted octanol–water partition coefficient (Wildman–Crippen LogP) is 3.74. The topological polar surface area (TPSA) is 30.7 Å². The van der Waals surface area contributed by atoms with Crippen molar-refractivity contribution in [2.45, 2.75) is 33.3 Å². The number of thiophene rings is 1. The standard InChI is InChI=1S/C13H15NO2S/c1-9(10-7-6-8-17-10)11(14-5)12(15)16-13(2,3)4/h6-8H,1-4H3. The maximum absolute atomic E-state index is 11.8. The molecule has 1 heterocycles. The van der Waals surface area contributed by atoms with Crippen LogP contribution in [0.25, 0.3) is 10.4 Å². The van der Waals surface area contributed by atoms with E-state index in [4.69, 9.17) is 11.3 Å². The average molecular weight is 249 g/mol. The first-order chi connectivity index (χ1) is 7.85. The van der Waals surface area contributed by atoms with Crippen LogP contribution in [-0.4, -0.2) is 11.6 Å². The molecule has 0 saturated heterocycles. The van der Waals surface area contributed by atoms with Crippen molar-refractivity contribution in [3.05, 3.63) is 39.5 Å². The van der Waals surface area contributed by atoms with E-state index in [2.05, 4.69) is 4.85 Å². The molecular weight excluding hydrogens is 234 g/mol. The summed E-state index contributed by atoms with van der Waals surface area (Å²) in [4.78, 5) is 16.0. The normalized spacial score (nSPS) is 12.6. The van der Waals surface area contributed by atoms with Crippen LogP contribution >= 0.6 is 11.3 Å². The minimum absolute atomic E-state index is 0.0578. The van der Waals surface area contributed by atoms with E-state index in [1.807, 2.05) is 17.5 Å². The van der Waals surface area contributed by atoms with Crippen LogP contribution in [-0.2, 0) is 9.53 Å². The molecule has 0 spiro atoms. The van der Waals surface area contributed by atoms with Gasteiger partial charge in [0, 0.05) is 4.88 Å². The lowest BCUT2D eigenvalue weighted by Gasteiger charge is -2.19. The Morgan fingerprint density at radius 3 is 2.53 bits per heavy atom. The fourth-order valence-electron chi connectivity index (χ4n) is 1.22. The second-order valence-electron chi connectivity index (χ2n) is 4.56. The van der Waals surface area contributed by atoms with Gasteiger partial charge in [0.05, 0.1) is 6.57 Å². The van der Waals surface area contributed by atoms with Gasteiger partial charge in [-0.3, -0.25) is 4.79 Å². The summed E-state index contributed by atoms with van der Waals surface area (Å²) < 4.78 is 5.20. The molecule has 0 aliphatic carbocycles. The van der Waals surface area contributed by atoms with Crippen molar-refractivity contribution in [3.8, 4) is 0 Å². The zero-order valence-corrected chi connectivity index (χ0v) is 11.2. The van der Waals surface area contributed by atoms with Gasteiger partial charge in [-0.2, -0.15) is 0 Å². The number of carbonyl (C=O) groups is 1. The van der Waals surface area contributed by atoms with Crippen LogP contribution in [0, 0.1) is 6.57 Å². The second-order valence-corrected chi connectivity index (χ2v) is 5.51. The Kier molecular flexibility index (Phi) is 4.08. The Hall–Kier alpha value is -1.60. The van der Waals surface area contributed by atoms with Gasteiger partial charge in [0.1, 0.15) is 5.60 Å². The van der Waals surface area contributed by atoms with Crippen molar-refractivity contribution >= 4 is 22.9 Å². The summed E-state index contributed by atoms with van der Waals surface area (Å²) in [5.74, 6) is -0.557. The van der Waals surface area contributed by atoms with E-state index in [9.17, 15) is 4.79 Å². The lowest BCUT2D eigenvalue weighted by Crippen LogP contribution is -2.24. The molecule has 3 nitrogen and oxygen atoms in total. The summed E-state index contributed by atoms with van der Waals surface area (Å²) in [5, 5.41) is 1.91. The molecule has 0 unspecified atom stereocenters. The molecule has 0 radical (unpaired) electrons. The summed E-state index contributed by atoms with van der Waals surface area (Å²) in [5.41, 5.74) is 0.148. The first-order valence-corrected chi connectivity index (χ1v) is 6.08. The molecule has 1 rings (SSSR count). The number of esters is 1. The molecule has 0 fully saturated rings. The maximum Gasteiger partial charge on any atom is 0.337 e. The first-order valence-electron chi connectivity index (χ1n) is 5.20. The largest absolute Gasteiger partial charge is 0.465 e. The molecule has 4 heteroatoms. The van der Waals surface area contributed by atoms with Crippen LogP contribution in [0.1, 0.15) is 32.6 Å². The van der Waals surface area contributed by atoms with E-state index < -0.39 is 11.6 Å². The Morgan fingerprint density at radius 1 is 1.47 bits per heavy atom. The summed E-state index contributed by atoms with van der Waals surface area (Å²) in [6, 6.07) is 3.77. The highest BCUT2D eigenvalue weighted by atomic mass is 32.1. The summed E-state index contributed by atoms with van der Waals surface area (Å²) in [7, 11) is 0. The van der Waals surface area contributed by atoms with Gasteiger partial charge >= 0.3 is 5.97 Å². The molecule has 0 amide bonds. The molecule has 0 bridgehead atoms. The van der Waals surface area contributed by atoms with E-state index in [-0.39, 0.29) is 5.70 Å². The molecule has 90 valence electrons. The summed E-state index contributed by atoms with van der Waals surface area (Å²) in [6.07, 6.45) is 0. The lowest BCUT2D eigenvalue weighted by molar-refractivity contribution is -0.149. The van der Waals surface area contributed by atoms with Crippen molar-refractivity contribution in [3.63, 3.8) is 0 Å². The number of hydrogen-bond acceptors (Lipinski definition) is 3. The number of rotatable bonds is 2. The third-order valence-corrected chi connectivity index (χ3v) is 2.94.